The number of hydrogen-bond acceptors (Lipinski definition) is 3. The maximum atomic E-state index is 5.97. The normalized spacial score (nSPS) is 31.7. The van der Waals surface area contributed by atoms with E-state index in [2.05, 4.69) is 18.7 Å². The van der Waals surface area contributed by atoms with Gasteiger partial charge in [0.2, 0.25) is 0 Å². The predicted octanol–water partition coefficient (Wildman–Crippen LogP) is 1.08. The van der Waals surface area contributed by atoms with Crippen molar-refractivity contribution in [1.29, 1.82) is 0 Å². The maximum Gasteiger partial charge on any atom is 0.0673 e. The Balaban J connectivity index is 2.25. The molecule has 1 heterocycles. The molecule has 3 nitrogen and oxygen atoms in total. The minimum Gasteiger partial charge on any atom is -0.377 e. The minimum atomic E-state index is 0.349. The van der Waals surface area contributed by atoms with Gasteiger partial charge in [0.25, 0.3) is 0 Å². The lowest BCUT2D eigenvalue weighted by Gasteiger charge is -2.36. The molecule has 84 valence electrons. The van der Waals surface area contributed by atoms with E-state index in [1.54, 1.807) is 0 Å². The summed E-state index contributed by atoms with van der Waals surface area (Å²) in [7, 11) is 0. The number of nitrogens with zero attached hydrogens (tertiary/aromatic N) is 1. The third kappa shape index (κ3) is 3.56. The Morgan fingerprint density at radius 3 is 2.86 bits per heavy atom. The molecule has 1 fully saturated rings. The van der Waals surface area contributed by atoms with Gasteiger partial charge < -0.3 is 15.4 Å². The van der Waals surface area contributed by atoms with Crippen LogP contribution in [0.15, 0.2) is 0 Å². The zero-order valence-electron chi connectivity index (χ0n) is 9.70. The van der Waals surface area contributed by atoms with Crippen LogP contribution in [0.3, 0.4) is 0 Å². The summed E-state index contributed by atoms with van der Waals surface area (Å²) in [5.41, 5.74) is 5.97. The van der Waals surface area contributed by atoms with Gasteiger partial charge in [-0.05, 0) is 32.7 Å². The maximum absolute atomic E-state index is 5.97. The summed E-state index contributed by atoms with van der Waals surface area (Å²) in [5.74, 6) is 0.623. The standard InChI is InChI=1S/C11H24N2O/c1-4-14-10(3)8-13-6-5-11(12)9(2)7-13/h9-11H,4-8,12H2,1-3H3. The molecule has 0 saturated carbocycles. The van der Waals surface area contributed by atoms with Gasteiger partial charge in [0, 0.05) is 25.7 Å². The Labute approximate surface area is 87.6 Å². The molecule has 14 heavy (non-hydrogen) atoms. The van der Waals surface area contributed by atoms with Crippen LogP contribution >= 0.6 is 0 Å². The van der Waals surface area contributed by atoms with E-state index in [1.165, 1.54) is 0 Å². The molecule has 0 aliphatic carbocycles. The minimum absolute atomic E-state index is 0.349. The van der Waals surface area contributed by atoms with Crippen LogP contribution in [0, 0.1) is 5.92 Å². The van der Waals surface area contributed by atoms with Crippen molar-refractivity contribution in [1.82, 2.24) is 4.90 Å². The highest BCUT2D eigenvalue weighted by Crippen LogP contribution is 2.15. The summed E-state index contributed by atoms with van der Waals surface area (Å²) < 4.78 is 5.53. The number of hydrogen-bond donors (Lipinski definition) is 1. The predicted molar refractivity (Wildman–Crippen MR) is 59.3 cm³/mol. The Morgan fingerprint density at radius 2 is 2.29 bits per heavy atom. The lowest BCUT2D eigenvalue weighted by molar-refractivity contribution is 0.0323. The molecule has 0 amide bonds. The van der Waals surface area contributed by atoms with Crippen molar-refractivity contribution in [3.63, 3.8) is 0 Å². The van der Waals surface area contributed by atoms with Gasteiger partial charge in [-0.1, -0.05) is 6.92 Å². The van der Waals surface area contributed by atoms with Crippen LogP contribution in [-0.4, -0.2) is 43.3 Å². The van der Waals surface area contributed by atoms with E-state index in [1.807, 2.05) is 6.92 Å². The molecule has 1 aliphatic rings. The van der Waals surface area contributed by atoms with E-state index >= 15 is 0 Å². The van der Waals surface area contributed by atoms with Gasteiger partial charge in [-0.25, -0.2) is 0 Å². The highest BCUT2D eigenvalue weighted by atomic mass is 16.5. The molecule has 0 spiro atoms. The number of rotatable bonds is 4. The van der Waals surface area contributed by atoms with Crippen molar-refractivity contribution in [3.05, 3.63) is 0 Å². The SMILES string of the molecule is CCOC(C)CN1CCC(N)C(C)C1. The Bertz CT molecular complexity index is 163. The van der Waals surface area contributed by atoms with Crippen molar-refractivity contribution in [2.24, 2.45) is 11.7 Å². The molecule has 1 aliphatic heterocycles. The van der Waals surface area contributed by atoms with Crippen LogP contribution in [0.1, 0.15) is 27.2 Å². The van der Waals surface area contributed by atoms with Gasteiger partial charge in [0.1, 0.15) is 0 Å². The van der Waals surface area contributed by atoms with Crippen molar-refractivity contribution in [2.45, 2.75) is 39.3 Å². The molecule has 0 bridgehead atoms. The number of nitrogens with two attached hydrogens (primary N) is 1. The van der Waals surface area contributed by atoms with E-state index in [4.69, 9.17) is 10.5 Å². The van der Waals surface area contributed by atoms with Crippen LogP contribution in [0.5, 0.6) is 0 Å². The highest BCUT2D eigenvalue weighted by molar-refractivity contribution is 4.80. The van der Waals surface area contributed by atoms with Crippen molar-refractivity contribution < 1.29 is 4.74 Å². The zero-order valence-corrected chi connectivity index (χ0v) is 9.70. The van der Waals surface area contributed by atoms with Gasteiger partial charge in [0.05, 0.1) is 6.10 Å². The van der Waals surface area contributed by atoms with E-state index < -0.39 is 0 Å². The quantitative estimate of drug-likeness (QED) is 0.738. The van der Waals surface area contributed by atoms with Crippen LogP contribution in [0.4, 0.5) is 0 Å². The molecule has 1 saturated heterocycles. The zero-order chi connectivity index (χ0) is 10.6. The third-order valence-corrected chi connectivity index (χ3v) is 3.02. The van der Waals surface area contributed by atoms with E-state index in [9.17, 15) is 0 Å². The Hall–Kier alpha value is -0.120. The molecule has 3 unspecified atom stereocenters. The molecule has 3 atom stereocenters. The van der Waals surface area contributed by atoms with Gasteiger partial charge >= 0.3 is 0 Å². The smallest absolute Gasteiger partial charge is 0.0673 e. The molecule has 3 heteroatoms. The fraction of sp³-hybridized carbons (Fsp3) is 1.00. The summed E-state index contributed by atoms with van der Waals surface area (Å²) in [6, 6.07) is 0.397. The fourth-order valence-corrected chi connectivity index (χ4v) is 2.12. The lowest BCUT2D eigenvalue weighted by atomic mass is 9.95. The third-order valence-electron chi connectivity index (χ3n) is 3.02. The highest BCUT2D eigenvalue weighted by Gasteiger charge is 2.23. The van der Waals surface area contributed by atoms with Crippen LogP contribution in [0.2, 0.25) is 0 Å². The van der Waals surface area contributed by atoms with Gasteiger partial charge in [-0.15, -0.1) is 0 Å². The second kappa shape index (κ2) is 5.69. The first-order valence-electron chi connectivity index (χ1n) is 5.73. The van der Waals surface area contributed by atoms with Gasteiger partial charge in [0.15, 0.2) is 0 Å². The lowest BCUT2D eigenvalue weighted by Crippen LogP contribution is -2.47. The second-order valence-electron chi connectivity index (χ2n) is 4.46. The monoisotopic (exact) mass is 200 g/mol. The summed E-state index contributed by atoms with van der Waals surface area (Å²) in [5, 5.41) is 0. The van der Waals surface area contributed by atoms with Crippen LogP contribution in [0.25, 0.3) is 0 Å². The Morgan fingerprint density at radius 1 is 1.57 bits per heavy atom. The summed E-state index contributed by atoms with van der Waals surface area (Å²) in [4.78, 5) is 2.47. The summed E-state index contributed by atoms with van der Waals surface area (Å²) in [6.07, 6.45) is 1.47. The molecular weight excluding hydrogens is 176 g/mol. The van der Waals surface area contributed by atoms with E-state index in [0.29, 0.717) is 18.1 Å². The topological polar surface area (TPSA) is 38.5 Å². The number of likely N-dealkylation sites (tertiary alicyclic amines) is 1. The van der Waals surface area contributed by atoms with Crippen molar-refractivity contribution >= 4 is 0 Å². The molecule has 0 aromatic heterocycles. The number of piperidine rings is 1. The average molecular weight is 200 g/mol. The first-order valence-corrected chi connectivity index (χ1v) is 5.73. The average Bonchev–Trinajstić information content (AvgIpc) is 2.12. The second-order valence-corrected chi connectivity index (χ2v) is 4.46. The largest absolute Gasteiger partial charge is 0.377 e. The summed E-state index contributed by atoms with van der Waals surface area (Å²) in [6.45, 7) is 10.5. The van der Waals surface area contributed by atoms with Crippen LogP contribution < -0.4 is 5.73 Å². The molecule has 1 rings (SSSR count). The fourth-order valence-electron chi connectivity index (χ4n) is 2.12. The molecular formula is C11H24N2O. The Kier molecular flexibility index (Phi) is 4.85. The van der Waals surface area contributed by atoms with Crippen molar-refractivity contribution in [2.75, 3.05) is 26.2 Å². The first kappa shape index (κ1) is 12.0. The van der Waals surface area contributed by atoms with Crippen molar-refractivity contribution in [3.8, 4) is 0 Å². The first-order chi connectivity index (χ1) is 6.63. The molecule has 2 N–H and O–H groups in total. The number of ether oxygens (including phenoxy) is 1. The molecule has 0 radical (unpaired) electrons. The summed E-state index contributed by atoms with van der Waals surface area (Å²) >= 11 is 0. The van der Waals surface area contributed by atoms with Gasteiger partial charge in [-0.2, -0.15) is 0 Å². The molecule has 0 aromatic rings. The molecule has 0 aromatic carbocycles. The van der Waals surface area contributed by atoms with Crippen LogP contribution in [-0.2, 0) is 4.74 Å². The van der Waals surface area contributed by atoms with E-state index in [0.717, 1.165) is 32.7 Å². The van der Waals surface area contributed by atoms with Gasteiger partial charge in [-0.3, -0.25) is 0 Å². The van der Waals surface area contributed by atoms with E-state index in [-0.39, 0.29) is 0 Å².